The van der Waals surface area contributed by atoms with Gasteiger partial charge >= 0.3 is 5.97 Å². The maximum atomic E-state index is 14.5. The normalized spacial score (nSPS) is 12.3. The van der Waals surface area contributed by atoms with Gasteiger partial charge in [-0.3, -0.25) is 0 Å². The molecule has 1 aromatic heterocycles. The average molecular weight is 471 g/mol. The van der Waals surface area contributed by atoms with Crippen molar-refractivity contribution < 1.29 is 33.4 Å². The highest BCUT2D eigenvalue weighted by molar-refractivity contribution is 5.99. The molecule has 0 spiro atoms. The summed E-state index contributed by atoms with van der Waals surface area (Å²) in [6.45, 7) is 3.44. The van der Waals surface area contributed by atoms with Crippen molar-refractivity contribution in [2.24, 2.45) is 10.9 Å². The standard InChI is InChI=1S/C24H23F2N3O5/c1-3-21(24(30)31)34-23-20(26)11-19(25)22(28-23)33-18-9-16(13(2)29-32)8-17(10-18)15-6-4-5-14(7-15)12-27/h4-11,21,32H,3,12,27H2,1-2H3,(H,30,31). The van der Waals surface area contributed by atoms with Gasteiger partial charge in [0.2, 0.25) is 0 Å². The lowest BCUT2D eigenvalue weighted by Crippen LogP contribution is -2.26. The van der Waals surface area contributed by atoms with E-state index in [1.165, 1.54) is 13.0 Å². The molecule has 10 heteroatoms. The van der Waals surface area contributed by atoms with Gasteiger partial charge in [0.25, 0.3) is 11.8 Å². The van der Waals surface area contributed by atoms with E-state index in [0.29, 0.717) is 23.7 Å². The molecule has 0 fully saturated rings. The highest BCUT2D eigenvalue weighted by Crippen LogP contribution is 2.32. The number of oxime groups is 1. The Labute approximate surface area is 194 Å². The van der Waals surface area contributed by atoms with E-state index in [-0.39, 0.29) is 17.9 Å². The highest BCUT2D eigenvalue weighted by Gasteiger charge is 2.22. The van der Waals surface area contributed by atoms with Gasteiger partial charge in [0.1, 0.15) is 5.75 Å². The van der Waals surface area contributed by atoms with E-state index in [1.807, 2.05) is 24.3 Å². The molecule has 0 saturated heterocycles. The van der Waals surface area contributed by atoms with Crippen molar-refractivity contribution in [1.29, 1.82) is 0 Å². The Morgan fingerprint density at radius 1 is 1.12 bits per heavy atom. The largest absolute Gasteiger partial charge is 0.479 e. The number of carboxylic acid groups (broad SMARTS) is 1. The number of rotatable bonds is 9. The number of carbonyl (C=O) groups is 1. The molecule has 2 aromatic carbocycles. The summed E-state index contributed by atoms with van der Waals surface area (Å²) in [5.74, 6) is -4.80. The van der Waals surface area contributed by atoms with Gasteiger partial charge in [0.05, 0.1) is 5.71 Å². The lowest BCUT2D eigenvalue weighted by atomic mass is 9.99. The number of carboxylic acids is 1. The second kappa shape index (κ2) is 10.7. The molecule has 0 aliphatic rings. The van der Waals surface area contributed by atoms with Crippen molar-refractivity contribution in [3.8, 4) is 28.6 Å². The van der Waals surface area contributed by atoms with Crippen LogP contribution in [0.1, 0.15) is 31.4 Å². The molecule has 0 radical (unpaired) electrons. The van der Waals surface area contributed by atoms with Gasteiger partial charge in [-0.25, -0.2) is 13.6 Å². The van der Waals surface area contributed by atoms with Gasteiger partial charge in [-0.05, 0) is 54.3 Å². The predicted octanol–water partition coefficient (Wildman–Crippen LogP) is 4.72. The average Bonchev–Trinajstić information content (AvgIpc) is 2.84. The molecular weight excluding hydrogens is 448 g/mol. The van der Waals surface area contributed by atoms with Gasteiger partial charge in [-0.2, -0.15) is 4.98 Å². The monoisotopic (exact) mass is 471 g/mol. The summed E-state index contributed by atoms with van der Waals surface area (Å²) >= 11 is 0. The van der Waals surface area contributed by atoms with E-state index in [2.05, 4.69) is 10.1 Å². The zero-order valence-electron chi connectivity index (χ0n) is 18.5. The third kappa shape index (κ3) is 5.65. The summed E-state index contributed by atoms with van der Waals surface area (Å²) in [6, 6.07) is 12.7. The van der Waals surface area contributed by atoms with Crippen molar-refractivity contribution in [1.82, 2.24) is 4.98 Å². The lowest BCUT2D eigenvalue weighted by Gasteiger charge is -2.15. The van der Waals surface area contributed by atoms with Crippen molar-refractivity contribution >= 4 is 11.7 Å². The highest BCUT2D eigenvalue weighted by atomic mass is 19.1. The van der Waals surface area contributed by atoms with Crippen molar-refractivity contribution in [3.05, 3.63) is 71.3 Å². The lowest BCUT2D eigenvalue weighted by molar-refractivity contribution is -0.145. The molecule has 0 bridgehead atoms. The number of aromatic nitrogens is 1. The van der Waals surface area contributed by atoms with Crippen LogP contribution in [0.5, 0.6) is 17.5 Å². The summed E-state index contributed by atoms with van der Waals surface area (Å²) in [5, 5.41) is 21.6. The number of pyridine rings is 1. The van der Waals surface area contributed by atoms with Gasteiger partial charge in [0, 0.05) is 18.2 Å². The quantitative estimate of drug-likeness (QED) is 0.234. The number of aliphatic carboxylic acids is 1. The van der Waals surface area contributed by atoms with Crippen LogP contribution in [0.25, 0.3) is 11.1 Å². The summed E-state index contributed by atoms with van der Waals surface area (Å²) in [5.41, 5.74) is 8.79. The molecule has 34 heavy (non-hydrogen) atoms. The minimum absolute atomic E-state index is 0.0388. The summed E-state index contributed by atoms with van der Waals surface area (Å²) in [4.78, 5) is 14.9. The molecule has 1 heterocycles. The van der Waals surface area contributed by atoms with Crippen molar-refractivity contribution in [2.75, 3.05) is 0 Å². The molecule has 0 amide bonds. The minimum Gasteiger partial charge on any atom is -0.479 e. The Kier molecular flexibility index (Phi) is 7.75. The summed E-state index contributed by atoms with van der Waals surface area (Å²) < 4.78 is 39.3. The van der Waals surface area contributed by atoms with E-state index >= 15 is 0 Å². The Balaban J connectivity index is 2.04. The van der Waals surface area contributed by atoms with Crippen LogP contribution in [0.2, 0.25) is 0 Å². The number of benzene rings is 2. The number of nitrogens with two attached hydrogens (primary N) is 1. The van der Waals surface area contributed by atoms with E-state index in [4.69, 9.17) is 20.3 Å². The Hall–Kier alpha value is -4.05. The van der Waals surface area contributed by atoms with Gasteiger partial charge in [-0.15, -0.1) is 0 Å². The molecular formula is C24H23F2N3O5. The fourth-order valence-electron chi connectivity index (χ4n) is 3.11. The second-order valence-electron chi connectivity index (χ2n) is 7.35. The van der Waals surface area contributed by atoms with Crippen LogP contribution in [-0.2, 0) is 11.3 Å². The van der Waals surface area contributed by atoms with Gasteiger partial charge in [-0.1, -0.05) is 30.3 Å². The molecule has 8 nitrogen and oxygen atoms in total. The maximum Gasteiger partial charge on any atom is 0.344 e. The zero-order valence-corrected chi connectivity index (χ0v) is 18.5. The Morgan fingerprint density at radius 2 is 1.85 bits per heavy atom. The van der Waals surface area contributed by atoms with E-state index < -0.39 is 35.5 Å². The van der Waals surface area contributed by atoms with Crippen LogP contribution >= 0.6 is 0 Å². The number of halogens is 2. The maximum absolute atomic E-state index is 14.5. The van der Waals surface area contributed by atoms with Crippen molar-refractivity contribution in [3.63, 3.8) is 0 Å². The molecule has 0 aliphatic heterocycles. The zero-order chi connectivity index (χ0) is 24.8. The number of ether oxygens (including phenoxy) is 2. The fraction of sp³-hybridized carbons (Fsp3) is 0.208. The van der Waals surface area contributed by atoms with Crippen LogP contribution in [0, 0.1) is 11.6 Å². The molecule has 0 aliphatic carbocycles. The third-order valence-corrected chi connectivity index (χ3v) is 4.95. The van der Waals surface area contributed by atoms with E-state index in [9.17, 15) is 18.8 Å². The molecule has 3 rings (SSSR count). The van der Waals surface area contributed by atoms with Crippen LogP contribution in [0.3, 0.4) is 0 Å². The topological polar surface area (TPSA) is 127 Å². The first kappa shape index (κ1) is 24.6. The third-order valence-electron chi connectivity index (χ3n) is 4.95. The molecule has 1 atom stereocenters. The fourth-order valence-corrected chi connectivity index (χ4v) is 3.11. The van der Waals surface area contributed by atoms with Gasteiger partial charge in [0.15, 0.2) is 17.7 Å². The Bertz CT molecular complexity index is 1230. The smallest absolute Gasteiger partial charge is 0.344 e. The molecule has 3 aromatic rings. The van der Waals surface area contributed by atoms with Crippen LogP contribution in [-0.4, -0.2) is 33.1 Å². The first-order valence-electron chi connectivity index (χ1n) is 10.3. The number of hydrogen-bond acceptors (Lipinski definition) is 7. The predicted molar refractivity (Wildman–Crippen MR) is 120 cm³/mol. The van der Waals surface area contributed by atoms with E-state index in [0.717, 1.165) is 11.1 Å². The molecule has 1 unspecified atom stereocenters. The molecule has 178 valence electrons. The molecule has 0 saturated carbocycles. The first-order valence-corrected chi connectivity index (χ1v) is 10.3. The minimum atomic E-state index is -1.37. The number of nitrogens with zero attached hydrogens (tertiary/aromatic N) is 2. The van der Waals surface area contributed by atoms with Crippen LogP contribution in [0.15, 0.2) is 53.7 Å². The number of hydrogen-bond donors (Lipinski definition) is 3. The second-order valence-corrected chi connectivity index (χ2v) is 7.35. The first-order chi connectivity index (χ1) is 16.2. The summed E-state index contributed by atoms with van der Waals surface area (Å²) in [7, 11) is 0. The summed E-state index contributed by atoms with van der Waals surface area (Å²) in [6.07, 6.45) is -1.33. The SMILES string of the molecule is CCC(Oc1nc(Oc2cc(C(C)=NO)cc(-c3cccc(CN)c3)c2)c(F)cc1F)C(=O)O. The van der Waals surface area contributed by atoms with Gasteiger partial charge < -0.3 is 25.5 Å². The molecule has 4 N–H and O–H groups in total. The van der Waals surface area contributed by atoms with E-state index in [1.54, 1.807) is 19.1 Å². The van der Waals surface area contributed by atoms with Crippen LogP contribution < -0.4 is 15.2 Å². The Morgan fingerprint density at radius 3 is 2.50 bits per heavy atom. The van der Waals surface area contributed by atoms with Crippen molar-refractivity contribution in [2.45, 2.75) is 32.9 Å². The van der Waals surface area contributed by atoms with Crippen LogP contribution in [0.4, 0.5) is 8.78 Å².